The van der Waals surface area contributed by atoms with Crippen LogP contribution >= 0.6 is 0 Å². The van der Waals surface area contributed by atoms with Crippen LogP contribution in [0.3, 0.4) is 0 Å². The van der Waals surface area contributed by atoms with E-state index in [0.717, 1.165) is 0 Å². The summed E-state index contributed by atoms with van der Waals surface area (Å²) in [7, 11) is 0. The summed E-state index contributed by atoms with van der Waals surface area (Å²) >= 11 is 0. The molecule has 0 aliphatic rings. The van der Waals surface area contributed by atoms with Gasteiger partial charge in [0.15, 0.2) is 17.3 Å². The number of nitrogens with zero attached hydrogens (tertiary/aromatic N) is 3. The molecule has 5 nitrogen and oxygen atoms in total. The highest BCUT2D eigenvalue weighted by Crippen LogP contribution is 2.33. The molecule has 1 N–H and O–H groups in total. The number of benzene rings is 2. The second-order valence-electron chi connectivity index (χ2n) is 6.12. The first-order valence-electron chi connectivity index (χ1n) is 8.24. The summed E-state index contributed by atoms with van der Waals surface area (Å²) in [5, 5.41) is 20.1. The third-order valence-corrected chi connectivity index (χ3v) is 4.49. The van der Waals surface area contributed by atoms with E-state index < -0.39 is 11.6 Å². The van der Waals surface area contributed by atoms with Crippen LogP contribution < -0.4 is 0 Å². The average molecular weight is 359 g/mol. The van der Waals surface area contributed by atoms with Crippen molar-refractivity contribution in [1.82, 2.24) is 9.13 Å². The minimum absolute atomic E-state index is 0.155. The molecule has 0 radical (unpaired) electrons. The highest BCUT2D eigenvalue weighted by atomic mass is 19.1. The van der Waals surface area contributed by atoms with Gasteiger partial charge in [0, 0.05) is 24.6 Å². The summed E-state index contributed by atoms with van der Waals surface area (Å²) in [6.45, 7) is 1.45. The van der Waals surface area contributed by atoms with E-state index in [1.165, 1.54) is 19.1 Å². The van der Waals surface area contributed by atoms with E-state index in [1.807, 2.05) is 24.3 Å². The molecule has 2 heterocycles. The predicted octanol–water partition coefficient (Wildman–Crippen LogP) is 4.34. The molecule has 0 fully saturated rings. The maximum absolute atomic E-state index is 14.0. The first kappa shape index (κ1) is 16.6. The van der Waals surface area contributed by atoms with Crippen molar-refractivity contribution in [3.63, 3.8) is 0 Å². The van der Waals surface area contributed by atoms with Crippen LogP contribution in [0.5, 0.6) is 5.75 Å². The number of phenols is 1. The zero-order valence-corrected chi connectivity index (χ0v) is 14.3. The van der Waals surface area contributed by atoms with Crippen LogP contribution in [0.15, 0.2) is 60.8 Å². The van der Waals surface area contributed by atoms with E-state index in [1.54, 1.807) is 33.5 Å². The minimum atomic E-state index is -0.769. The van der Waals surface area contributed by atoms with Gasteiger partial charge in [-0.3, -0.25) is 13.9 Å². The number of rotatable bonds is 3. The van der Waals surface area contributed by atoms with Gasteiger partial charge in [-0.15, -0.1) is 0 Å². The fourth-order valence-electron chi connectivity index (χ4n) is 3.31. The number of phenolic OH excluding ortho intramolecular Hbond substituents is 1. The lowest BCUT2D eigenvalue weighted by atomic mass is 10.2. The number of nitriles is 1. The molecule has 0 spiro atoms. The fourth-order valence-corrected chi connectivity index (χ4v) is 3.31. The number of hydrogen-bond acceptors (Lipinski definition) is 3. The van der Waals surface area contributed by atoms with Crippen LogP contribution in [0.2, 0.25) is 0 Å². The number of ketones is 1. The number of carbonyl (C=O) groups excluding carboxylic acids is 1. The number of Topliss-reactive ketones (excluding diaryl/α,β-unsaturated/α-hetero) is 1. The third-order valence-electron chi connectivity index (χ3n) is 4.49. The maximum Gasteiger partial charge on any atom is 0.176 e. The molecule has 27 heavy (non-hydrogen) atoms. The standard InChI is InChI=1S/C21H14FN3O2/c1-13(26)18-7-4-10-24(18)21-16(12-23)15-5-2-3-6-19(15)25(21)14-8-9-20(27)17(22)11-14/h2-11,27H,1H3. The summed E-state index contributed by atoms with van der Waals surface area (Å²) in [6.07, 6.45) is 1.69. The number of aromatic hydroxyl groups is 1. The molecule has 4 aromatic rings. The number of halogens is 1. The highest BCUT2D eigenvalue weighted by molar-refractivity contribution is 5.96. The third kappa shape index (κ3) is 2.49. The largest absolute Gasteiger partial charge is 0.505 e. The van der Waals surface area contributed by atoms with Crippen molar-refractivity contribution < 1.29 is 14.3 Å². The Bertz CT molecular complexity index is 1240. The lowest BCUT2D eigenvalue weighted by Crippen LogP contribution is -2.10. The van der Waals surface area contributed by atoms with Crippen LogP contribution in [-0.2, 0) is 0 Å². The molecule has 6 heteroatoms. The van der Waals surface area contributed by atoms with Crippen LogP contribution in [0.1, 0.15) is 23.0 Å². The van der Waals surface area contributed by atoms with E-state index in [4.69, 9.17) is 0 Å². The summed E-state index contributed by atoms with van der Waals surface area (Å²) in [5.41, 5.74) is 1.91. The van der Waals surface area contributed by atoms with E-state index in [-0.39, 0.29) is 5.78 Å². The first-order valence-corrected chi connectivity index (χ1v) is 8.24. The van der Waals surface area contributed by atoms with Gasteiger partial charge < -0.3 is 5.11 Å². The van der Waals surface area contributed by atoms with Crippen molar-refractivity contribution >= 4 is 16.7 Å². The summed E-state index contributed by atoms with van der Waals surface area (Å²) in [5.74, 6) is -0.937. The zero-order chi connectivity index (χ0) is 19.1. The molecule has 0 saturated heterocycles. The van der Waals surface area contributed by atoms with Gasteiger partial charge in [-0.05, 0) is 30.3 Å². The smallest absolute Gasteiger partial charge is 0.176 e. The molecule has 0 bridgehead atoms. The van der Waals surface area contributed by atoms with E-state index >= 15 is 0 Å². The van der Waals surface area contributed by atoms with Gasteiger partial charge in [0.2, 0.25) is 0 Å². The normalized spacial score (nSPS) is 10.9. The van der Waals surface area contributed by atoms with Crippen molar-refractivity contribution in [3.8, 4) is 23.3 Å². The number of fused-ring (bicyclic) bond motifs is 1. The van der Waals surface area contributed by atoms with Gasteiger partial charge in [0.1, 0.15) is 17.5 Å². The molecule has 0 unspecified atom stereocenters. The monoisotopic (exact) mass is 359 g/mol. The summed E-state index contributed by atoms with van der Waals surface area (Å²) < 4.78 is 17.4. The number of para-hydroxylation sites is 1. The van der Waals surface area contributed by atoms with Gasteiger partial charge in [-0.1, -0.05) is 18.2 Å². The number of carbonyl (C=O) groups is 1. The Balaban J connectivity index is 2.17. The molecule has 0 atom stereocenters. The first-order chi connectivity index (χ1) is 13.0. The maximum atomic E-state index is 14.0. The fraction of sp³-hybridized carbons (Fsp3) is 0.0476. The van der Waals surface area contributed by atoms with Gasteiger partial charge in [-0.25, -0.2) is 4.39 Å². The van der Waals surface area contributed by atoms with Crippen molar-refractivity contribution in [3.05, 3.63) is 77.9 Å². The Morgan fingerprint density at radius 1 is 1.15 bits per heavy atom. The van der Waals surface area contributed by atoms with Gasteiger partial charge in [-0.2, -0.15) is 5.26 Å². The second kappa shape index (κ2) is 6.15. The molecule has 2 aromatic carbocycles. The van der Waals surface area contributed by atoms with E-state index in [9.17, 15) is 19.6 Å². The van der Waals surface area contributed by atoms with Crippen molar-refractivity contribution in [1.29, 1.82) is 5.26 Å². The summed E-state index contributed by atoms with van der Waals surface area (Å²) in [4.78, 5) is 12.1. The lowest BCUT2D eigenvalue weighted by Gasteiger charge is -2.14. The Morgan fingerprint density at radius 3 is 2.63 bits per heavy atom. The zero-order valence-electron chi connectivity index (χ0n) is 14.3. The van der Waals surface area contributed by atoms with Gasteiger partial charge in [0.25, 0.3) is 0 Å². The molecular formula is C21H14FN3O2. The molecule has 0 aliphatic heterocycles. The summed E-state index contributed by atoms with van der Waals surface area (Å²) in [6, 6.07) is 16.9. The Morgan fingerprint density at radius 2 is 1.93 bits per heavy atom. The van der Waals surface area contributed by atoms with Crippen LogP contribution in [0.4, 0.5) is 4.39 Å². The van der Waals surface area contributed by atoms with Crippen LogP contribution in [0, 0.1) is 17.1 Å². The molecule has 0 aliphatic carbocycles. The molecule has 132 valence electrons. The molecule has 0 amide bonds. The SMILES string of the molecule is CC(=O)c1cccn1-c1c(C#N)c2ccccc2n1-c1ccc(O)c(F)c1. The Labute approximate surface area is 154 Å². The van der Waals surface area contributed by atoms with Crippen LogP contribution in [-0.4, -0.2) is 20.0 Å². The molecular weight excluding hydrogens is 345 g/mol. The second-order valence-corrected chi connectivity index (χ2v) is 6.12. The molecule has 4 rings (SSSR count). The number of aromatic nitrogens is 2. The van der Waals surface area contributed by atoms with Crippen molar-refractivity contribution in [2.24, 2.45) is 0 Å². The quantitative estimate of drug-likeness (QED) is 0.553. The Hall–Kier alpha value is -3.85. The topological polar surface area (TPSA) is 71.0 Å². The van der Waals surface area contributed by atoms with E-state index in [2.05, 4.69) is 6.07 Å². The Kier molecular flexibility index (Phi) is 3.78. The predicted molar refractivity (Wildman–Crippen MR) is 98.9 cm³/mol. The highest BCUT2D eigenvalue weighted by Gasteiger charge is 2.22. The number of hydrogen-bond donors (Lipinski definition) is 1. The van der Waals surface area contributed by atoms with Gasteiger partial charge in [0.05, 0.1) is 16.9 Å². The van der Waals surface area contributed by atoms with E-state index in [0.29, 0.717) is 33.7 Å². The van der Waals surface area contributed by atoms with Crippen LogP contribution in [0.25, 0.3) is 22.4 Å². The minimum Gasteiger partial charge on any atom is -0.505 e. The van der Waals surface area contributed by atoms with Crippen molar-refractivity contribution in [2.75, 3.05) is 0 Å². The molecule has 2 aromatic heterocycles. The van der Waals surface area contributed by atoms with Gasteiger partial charge >= 0.3 is 0 Å². The molecule has 0 saturated carbocycles. The lowest BCUT2D eigenvalue weighted by molar-refractivity contribution is 0.101. The van der Waals surface area contributed by atoms with Crippen molar-refractivity contribution in [2.45, 2.75) is 6.92 Å². The average Bonchev–Trinajstić information content (AvgIpc) is 3.26.